The highest BCUT2D eigenvalue weighted by molar-refractivity contribution is 7.16. The Bertz CT molecular complexity index is 99.3. The summed E-state index contributed by atoms with van der Waals surface area (Å²) < 4.78 is 0. The van der Waals surface area contributed by atoms with Crippen molar-refractivity contribution in [2.24, 2.45) is 5.92 Å². The molecule has 0 aromatic rings. The summed E-state index contributed by atoms with van der Waals surface area (Å²) in [5.74, 6) is 0.760. The molecule has 2 atom stereocenters. The van der Waals surface area contributed by atoms with Crippen LogP contribution in [0.2, 0.25) is 0 Å². The van der Waals surface area contributed by atoms with Crippen LogP contribution < -0.4 is 0 Å². The van der Waals surface area contributed by atoms with E-state index in [2.05, 4.69) is 36.1 Å². The second kappa shape index (κ2) is 5.92. The molecule has 0 saturated carbocycles. The van der Waals surface area contributed by atoms with Crippen LogP contribution >= 0.6 is 9.24 Å². The van der Waals surface area contributed by atoms with E-state index < -0.39 is 0 Å². The molecule has 0 aromatic heterocycles. The fourth-order valence-electron chi connectivity index (χ4n) is 0.850. The topological polar surface area (TPSA) is 0 Å². The van der Waals surface area contributed by atoms with Crippen molar-refractivity contribution in [3.05, 3.63) is 11.6 Å². The van der Waals surface area contributed by atoms with E-state index in [9.17, 15) is 0 Å². The van der Waals surface area contributed by atoms with Crippen molar-refractivity contribution in [1.29, 1.82) is 0 Å². The summed E-state index contributed by atoms with van der Waals surface area (Å²) in [6.07, 6.45) is 6.00. The second-order valence-corrected chi connectivity index (χ2v) is 3.18. The molecule has 0 rings (SSSR count). The normalized spacial score (nSPS) is 15.4. The summed E-state index contributed by atoms with van der Waals surface area (Å²) in [4.78, 5) is 0. The van der Waals surface area contributed by atoms with E-state index in [0.29, 0.717) is 0 Å². The molecule has 10 heavy (non-hydrogen) atoms. The fraction of sp³-hybridized carbons (Fsp3) is 0.778. The van der Waals surface area contributed by atoms with E-state index in [0.717, 1.165) is 12.1 Å². The van der Waals surface area contributed by atoms with Crippen LogP contribution in [0.4, 0.5) is 0 Å². The van der Waals surface area contributed by atoms with E-state index in [4.69, 9.17) is 0 Å². The molecule has 0 fully saturated rings. The van der Waals surface area contributed by atoms with E-state index in [-0.39, 0.29) is 0 Å². The van der Waals surface area contributed by atoms with Gasteiger partial charge in [0.1, 0.15) is 0 Å². The van der Waals surface area contributed by atoms with Crippen LogP contribution in [0.25, 0.3) is 0 Å². The third-order valence-electron chi connectivity index (χ3n) is 1.88. The summed E-state index contributed by atoms with van der Waals surface area (Å²) in [6.45, 7) is 6.73. The van der Waals surface area contributed by atoms with E-state index in [1.54, 1.807) is 5.57 Å². The molecule has 0 spiro atoms. The zero-order valence-electron chi connectivity index (χ0n) is 7.35. The minimum absolute atomic E-state index is 0.760. The lowest BCUT2D eigenvalue weighted by molar-refractivity contribution is 0.690. The molecule has 0 heterocycles. The van der Waals surface area contributed by atoms with Gasteiger partial charge in [-0.1, -0.05) is 38.8 Å². The molecule has 0 radical (unpaired) electrons. The second-order valence-electron chi connectivity index (χ2n) is 2.77. The number of allylic oxidation sites excluding steroid dienone is 2. The zero-order chi connectivity index (χ0) is 7.98. The molecule has 0 N–H and O–H groups in total. The molecule has 0 aromatic carbocycles. The monoisotopic (exact) mass is 158 g/mol. The average Bonchev–Trinajstić information content (AvgIpc) is 1.99. The molecule has 2 unspecified atom stereocenters. The van der Waals surface area contributed by atoms with Crippen molar-refractivity contribution in [2.75, 3.05) is 6.16 Å². The first-order chi connectivity index (χ1) is 4.74. The fourth-order valence-corrected chi connectivity index (χ4v) is 1.28. The lowest BCUT2D eigenvalue weighted by atomic mass is 10.0. The van der Waals surface area contributed by atoms with Crippen molar-refractivity contribution >= 4 is 9.24 Å². The highest BCUT2D eigenvalue weighted by Gasteiger charge is 1.95. The van der Waals surface area contributed by atoms with Crippen LogP contribution in [0.3, 0.4) is 0 Å². The highest BCUT2D eigenvalue weighted by Crippen LogP contribution is 2.11. The maximum Gasteiger partial charge on any atom is -0.0170 e. The summed E-state index contributed by atoms with van der Waals surface area (Å²) in [5.41, 5.74) is 1.57. The molecular weight excluding hydrogens is 139 g/mol. The van der Waals surface area contributed by atoms with Gasteiger partial charge in [0.05, 0.1) is 0 Å². The third-order valence-corrected chi connectivity index (χ3v) is 2.40. The average molecular weight is 158 g/mol. The quantitative estimate of drug-likeness (QED) is 0.435. The Morgan fingerprint density at radius 3 is 2.40 bits per heavy atom. The molecule has 0 saturated heterocycles. The number of hydrogen-bond donors (Lipinski definition) is 0. The van der Waals surface area contributed by atoms with Gasteiger partial charge in [0.25, 0.3) is 0 Å². The van der Waals surface area contributed by atoms with Crippen LogP contribution in [0.1, 0.15) is 33.6 Å². The van der Waals surface area contributed by atoms with Gasteiger partial charge >= 0.3 is 0 Å². The predicted molar refractivity (Wildman–Crippen MR) is 52.4 cm³/mol. The minimum Gasteiger partial charge on any atom is -0.133 e. The maximum atomic E-state index is 2.78. The Balaban J connectivity index is 3.83. The summed E-state index contributed by atoms with van der Waals surface area (Å²) >= 11 is 0. The van der Waals surface area contributed by atoms with Gasteiger partial charge < -0.3 is 0 Å². The van der Waals surface area contributed by atoms with Crippen molar-refractivity contribution < 1.29 is 0 Å². The largest absolute Gasteiger partial charge is 0.133 e. The van der Waals surface area contributed by atoms with Crippen LogP contribution in [0, 0.1) is 5.92 Å². The molecular formula is C9H19P. The van der Waals surface area contributed by atoms with Crippen LogP contribution in [0.15, 0.2) is 11.6 Å². The smallest absolute Gasteiger partial charge is 0.0170 e. The van der Waals surface area contributed by atoms with Gasteiger partial charge in [-0.2, -0.15) is 0 Å². The molecule has 0 aliphatic carbocycles. The highest BCUT2D eigenvalue weighted by atomic mass is 31.0. The van der Waals surface area contributed by atoms with Gasteiger partial charge in [0.2, 0.25) is 0 Å². The molecule has 60 valence electrons. The van der Waals surface area contributed by atoms with Gasteiger partial charge in [0, 0.05) is 0 Å². The molecule has 0 amide bonds. The molecule has 0 aliphatic rings. The maximum absolute atomic E-state index is 2.78. The first-order valence-corrected chi connectivity index (χ1v) is 4.95. The minimum atomic E-state index is 0.760. The first-order valence-electron chi connectivity index (χ1n) is 4.14. The zero-order valence-corrected chi connectivity index (χ0v) is 8.51. The Labute approximate surface area is 67.3 Å². The lowest BCUT2D eigenvalue weighted by Gasteiger charge is -2.04. The van der Waals surface area contributed by atoms with Crippen molar-refractivity contribution in [3.8, 4) is 0 Å². The van der Waals surface area contributed by atoms with Crippen molar-refractivity contribution in [1.82, 2.24) is 0 Å². The lowest BCUT2D eigenvalue weighted by Crippen LogP contribution is -1.90. The molecule has 0 bridgehead atoms. The molecule has 0 aliphatic heterocycles. The first kappa shape index (κ1) is 10.2. The van der Waals surface area contributed by atoms with Crippen molar-refractivity contribution in [2.45, 2.75) is 33.6 Å². The number of hydrogen-bond acceptors (Lipinski definition) is 0. The summed E-state index contributed by atoms with van der Waals surface area (Å²) in [6, 6.07) is 0. The van der Waals surface area contributed by atoms with Gasteiger partial charge in [-0.3, -0.25) is 0 Å². The Hall–Kier alpha value is 0.170. The van der Waals surface area contributed by atoms with Crippen LogP contribution in [-0.4, -0.2) is 6.16 Å². The van der Waals surface area contributed by atoms with Gasteiger partial charge in [-0.05, 0) is 18.5 Å². The van der Waals surface area contributed by atoms with Gasteiger partial charge in [-0.25, -0.2) is 0 Å². The third kappa shape index (κ3) is 4.06. The van der Waals surface area contributed by atoms with E-state index in [1.807, 2.05) is 0 Å². The van der Waals surface area contributed by atoms with Crippen molar-refractivity contribution in [3.63, 3.8) is 0 Å². The molecule has 1 heteroatoms. The summed E-state index contributed by atoms with van der Waals surface area (Å²) in [7, 11) is 2.78. The van der Waals surface area contributed by atoms with Crippen LogP contribution in [0.5, 0.6) is 0 Å². The SMILES string of the molecule is CC/C(=C\C(C)CC)CP. The van der Waals surface area contributed by atoms with Crippen LogP contribution in [-0.2, 0) is 0 Å². The summed E-state index contributed by atoms with van der Waals surface area (Å²) in [5, 5.41) is 0. The van der Waals surface area contributed by atoms with E-state index >= 15 is 0 Å². The Morgan fingerprint density at radius 2 is 2.10 bits per heavy atom. The number of rotatable bonds is 4. The Kier molecular flexibility index (Phi) is 6.02. The molecule has 0 nitrogen and oxygen atoms in total. The predicted octanol–water partition coefficient (Wildman–Crippen LogP) is 3.24. The standard InChI is InChI=1S/C9H19P/c1-4-8(3)6-9(5-2)7-10/h6,8H,4-5,7,10H2,1-3H3/b9-6+. The van der Waals surface area contributed by atoms with Gasteiger partial charge in [-0.15, -0.1) is 9.24 Å². The Morgan fingerprint density at radius 1 is 1.50 bits per heavy atom. The van der Waals surface area contributed by atoms with Gasteiger partial charge in [0.15, 0.2) is 0 Å². The van der Waals surface area contributed by atoms with E-state index in [1.165, 1.54) is 12.8 Å².